The van der Waals surface area contributed by atoms with Crippen LogP contribution in [0.3, 0.4) is 0 Å². The minimum Gasteiger partial charge on any atom is -0.343 e. The van der Waals surface area contributed by atoms with Gasteiger partial charge in [0, 0.05) is 38.6 Å². The molecule has 1 aliphatic carbocycles. The lowest BCUT2D eigenvalue weighted by Crippen LogP contribution is -2.53. The van der Waals surface area contributed by atoms with Gasteiger partial charge in [0.05, 0.1) is 5.41 Å². The van der Waals surface area contributed by atoms with E-state index in [0.29, 0.717) is 11.8 Å². The van der Waals surface area contributed by atoms with Crippen molar-refractivity contribution in [2.45, 2.75) is 52.4 Å². The van der Waals surface area contributed by atoms with Crippen LogP contribution in [0.25, 0.3) is 0 Å². The highest BCUT2D eigenvalue weighted by molar-refractivity contribution is 5.85. The molecule has 5 heteroatoms. The van der Waals surface area contributed by atoms with Gasteiger partial charge in [0.2, 0.25) is 11.8 Å². The number of hydrogen-bond donors (Lipinski definition) is 1. The van der Waals surface area contributed by atoms with E-state index >= 15 is 0 Å². The van der Waals surface area contributed by atoms with Gasteiger partial charge in [0.15, 0.2) is 0 Å². The van der Waals surface area contributed by atoms with Gasteiger partial charge in [-0.05, 0) is 52.0 Å². The maximum absolute atomic E-state index is 13.3. The third-order valence-electron chi connectivity index (χ3n) is 6.67. The molecule has 3 aliphatic rings. The highest BCUT2D eigenvalue weighted by Crippen LogP contribution is 2.45. The number of nitrogens with one attached hydrogen (secondary N) is 1. The summed E-state index contributed by atoms with van der Waals surface area (Å²) < 4.78 is 0. The van der Waals surface area contributed by atoms with Gasteiger partial charge in [-0.2, -0.15) is 0 Å². The lowest BCUT2D eigenvalue weighted by Gasteiger charge is -2.43. The summed E-state index contributed by atoms with van der Waals surface area (Å²) in [5.74, 6) is 1.28. The zero-order chi connectivity index (χ0) is 17.2. The van der Waals surface area contributed by atoms with Gasteiger partial charge in [-0.25, -0.2) is 0 Å². The summed E-state index contributed by atoms with van der Waals surface area (Å²) in [6.07, 6.45) is 6.34. The van der Waals surface area contributed by atoms with Crippen LogP contribution in [-0.2, 0) is 9.59 Å². The smallest absolute Gasteiger partial charge is 0.230 e. The average Bonchev–Trinajstić information content (AvgIpc) is 3.07. The summed E-state index contributed by atoms with van der Waals surface area (Å²) >= 11 is 0. The van der Waals surface area contributed by atoms with Gasteiger partial charge >= 0.3 is 0 Å². The highest BCUT2D eigenvalue weighted by Gasteiger charge is 2.51. The molecule has 136 valence electrons. The molecular formula is C19H33N3O2. The lowest BCUT2D eigenvalue weighted by atomic mass is 9.67. The topological polar surface area (TPSA) is 52.7 Å². The summed E-state index contributed by atoms with van der Waals surface area (Å²) in [6.45, 7) is 9.01. The molecule has 3 fully saturated rings. The summed E-state index contributed by atoms with van der Waals surface area (Å²) in [5.41, 5.74) is -0.145. The van der Waals surface area contributed by atoms with E-state index in [1.807, 2.05) is 18.7 Å². The lowest BCUT2D eigenvalue weighted by molar-refractivity contribution is -0.149. The van der Waals surface area contributed by atoms with E-state index in [0.717, 1.165) is 58.5 Å². The third-order valence-corrected chi connectivity index (χ3v) is 6.67. The Kier molecular flexibility index (Phi) is 5.48. The van der Waals surface area contributed by atoms with Crippen LogP contribution in [0.15, 0.2) is 0 Å². The fourth-order valence-electron chi connectivity index (χ4n) is 5.11. The maximum atomic E-state index is 13.3. The van der Waals surface area contributed by atoms with Crippen molar-refractivity contribution in [1.29, 1.82) is 0 Å². The Balaban J connectivity index is 1.60. The predicted molar refractivity (Wildman–Crippen MR) is 94.5 cm³/mol. The van der Waals surface area contributed by atoms with Crippen molar-refractivity contribution in [3.05, 3.63) is 0 Å². The number of nitrogens with zero attached hydrogens (tertiary/aromatic N) is 2. The Labute approximate surface area is 146 Å². The van der Waals surface area contributed by atoms with Crippen LogP contribution in [0.5, 0.6) is 0 Å². The van der Waals surface area contributed by atoms with E-state index in [9.17, 15) is 9.59 Å². The molecule has 2 saturated heterocycles. The van der Waals surface area contributed by atoms with Gasteiger partial charge in [0.1, 0.15) is 0 Å². The van der Waals surface area contributed by atoms with E-state index in [2.05, 4.69) is 10.2 Å². The normalized spacial score (nSPS) is 30.9. The Morgan fingerprint density at radius 1 is 1.12 bits per heavy atom. The molecule has 0 unspecified atom stereocenters. The second kappa shape index (κ2) is 7.42. The van der Waals surface area contributed by atoms with Crippen LogP contribution >= 0.6 is 0 Å². The number of carbonyl (C=O) groups excluding carboxylic acids is 2. The summed E-state index contributed by atoms with van der Waals surface area (Å²) in [7, 11) is 0. The largest absolute Gasteiger partial charge is 0.343 e. The first-order valence-corrected chi connectivity index (χ1v) is 9.91. The van der Waals surface area contributed by atoms with Crippen LogP contribution in [0.4, 0.5) is 0 Å². The third kappa shape index (κ3) is 3.07. The number of carbonyl (C=O) groups is 2. The minimum absolute atomic E-state index is 0.107. The highest BCUT2D eigenvalue weighted by atomic mass is 16.2. The molecular weight excluding hydrogens is 302 g/mol. The van der Waals surface area contributed by atoms with Crippen LogP contribution in [0, 0.1) is 17.3 Å². The van der Waals surface area contributed by atoms with Gasteiger partial charge in [-0.3, -0.25) is 9.59 Å². The molecule has 3 rings (SSSR count). The molecule has 1 N–H and O–H groups in total. The SMILES string of the molecule is CCN(CC)C(=O)C1CCN(C(=O)[C@@]23CCCC[C@H]2CNC3)CC1. The maximum Gasteiger partial charge on any atom is 0.230 e. The van der Waals surface area contributed by atoms with Crippen LogP contribution in [0.1, 0.15) is 52.4 Å². The number of hydrogen-bond acceptors (Lipinski definition) is 3. The average molecular weight is 335 g/mol. The standard InChI is InChI=1S/C19H33N3O2/c1-3-21(4-2)17(23)15-8-11-22(12-9-15)18(24)19-10-6-5-7-16(19)13-20-14-19/h15-16,20H,3-14H2,1-2H3/t16-,19+/m0/s1. The predicted octanol–water partition coefficient (Wildman–Crippen LogP) is 1.87. The van der Waals surface area contributed by atoms with E-state index < -0.39 is 0 Å². The molecule has 0 radical (unpaired) electrons. The van der Waals surface area contributed by atoms with Crippen LogP contribution in [0.2, 0.25) is 0 Å². The Morgan fingerprint density at radius 2 is 1.83 bits per heavy atom. The molecule has 24 heavy (non-hydrogen) atoms. The summed E-state index contributed by atoms with van der Waals surface area (Å²) in [6, 6.07) is 0. The van der Waals surface area contributed by atoms with Gasteiger partial charge in [-0.1, -0.05) is 12.8 Å². The molecule has 0 aromatic rings. The van der Waals surface area contributed by atoms with Crippen molar-refractivity contribution in [3.63, 3.8) is 0 Å². The summed E-state index contributed by atoms with van der Waals surface area (Å²) in [4.78, 5) is 29.8. The molecule has 0 bridgehead atoms. The fourth-order valence-corrected chi connectivity index (χ4v) is 5.11. The number of piperidine rings is 1. The molecule has 1 saturated carbocycles. The molecule has 2 heterocycles. The molecule has 0 aromatic heterocycles. The first kappa shape index (κ1) is 17.7. The Morgan fingerprint density at radius 3 is 2.50 bits per heavy atom. The second-order valence-electron chi connectivity index (χ2n) is 7.81. The number of rotatable bonds is 4. The Bertz CT molecular complexity index is 469. The number of likely N-dealkylation sites (tertiary alicyclic amines) is 1. The second-order valence-corrected chi connectivity index (χ2v) is 7.81. The van der Waals surface area contributed by atoms with E-state index in [1.165, 1.54) is 19.3 Å². The van der Waals surface area contributed by atoms with E-state index in [-0.39, 0.29) is 17.2 Å². The fraction of sp³-hybridized carbons (Fsp3) is 0.895. The van der Waals surface area contributed by atoms with Crippen LogP contribution in [-0.4, -0.2) is 60.9 Å². The van der Waals surface area contributed by atoms with Crippen molar-refractivity contribution in [2.24, 2.45) is 17.3 Å². The van der Waals surface area contributed by atoms with Gasteiger partial charge in [0.25, 0.3) is 0 Å². The number of amides is 2. The monoisotopic (exact) mass is 335 g/mol. The molecule has 0 spiro atoms. The molecule has 2 atom stereocenters. The molecule has 2 aliphatic heterocycles. The minimum atomic E-state index is -0.145. The number of fused-ring (bicyclic) bond motifs is 1. The molecule has 2 amide bonds. The van der Waals surface area contributed by atoms with E-state index in [1.54, 1.807) is 0 Å². The zero-order valence-corrected chi connectivity index (χ0v) is 15.4. The zero-order valence-electron chi connectivity index (χ0n) is 15.4. The van der Waals surface area contributed by atoms with Crippen molar-refractivity contribution in [2.75, 3.05) is 39.3 Å². The van der Waals surface area contributed by atoms with Crippen molar-refractivity contribution >= 4 is 11.8 Å². The van der Waals surface area contributed by atoms with Crippen molar-refractivity contribution in [3.8, 4) is 0 Å². The van der Waals surface area contributed by atoms with Crippen molar-refractivity contribution in [1.82, 2.24) is 15.1 Å². The quantitative estimate of drug-likeness (QED) is 0.853. The summed E-state index contributed by atoms with van der Waals surface area (Å²) in [5, 5.41) is 3.47. The van der Waals surface area contributed by atoms with Crippen molar-refractivity contribution < 1.29 is 9.59 Å². The first-order valence-electron chi connectivity index (χ1n) is 9.91. The van der Waals surface area contributed by atoms with E-state index in [4.69, 9.17) is 0 Å². The molecule has 0 aromatic carbocycles. The van der Waals surface area contributed by atoms with Gasteiger partial charge < -0.3 is 15.1 Å². The molecule has 5 nitrogen and oxygen atoms in total. The van der Waals surface area contributed by atoms with Crippen LogP contribution < -0.4 is 5.32 Å². The van der Waals surface area contributed by atoms with Gasteiger partial charge in [-0.15, -0.1) is 0 Å². The first-order chi connectivity index (χ1) is 11.6. The Hall–Kier alpha value is -1.10.